The van der Waals surface area contributed by atoms with Crippen molar-refractivity contribution >= 4 is 28.6 Å². The van der Waals surface area contributed by atoms with Gasteiger partial charge in [-0.1, -0.05) is 23.4 Å². The molecule has 1 saturated heterocycles. The Morgan fingerprint density at radius 2 is 1.88 bits per heavy atom. The summed E-state index contributed by atoms with van der Waals surface area (Å²) < 4.78 is 1.69. The Labute approximate surface area is 188 Å². The van der Waals surface area contributed by atoms with Crippen LogP contribution >= 0.6 is 0 Å². The van der Waals surface area contributed by atoms with Crippen molar-refractivity contribution in [2.75, 3.05) is 0 Å². The summed E-state index contributed by atoms with van der Waals surface area (Å²) in [5.74, 6) is -0.941. The first-order valence-corrected chi connectivity index (χ1v) is 10.6. The first kappa shape index (κ1) is 19.3. The van der Waals surface area contributed by atoms with E-state index in [-0.39, 0.29) is 24.8 Å². The van der Waals surface area contributed by atoms with Gasteiger partial charge in [-0.2, -0.15) is 0 Å². The van der Waals surface area contributed by atoms with Gasteiger partial charge in [0.1, 0.15) is 11.7 Å². The monoisotopic (exact) mass is 438 g/mol. The first-order chi connectivity index (χ1) is 16.1. The second-order valence-corrected chi connectivity index (χ2v) is 8.16. The second-order valence-electron chi connectivity index (χ2n) is 8.16. The number of carbonyl (C=O) groups is 3. The lowest BCUT2D eigenvalue weighted by Gasteiger charge is -2.29. The maximum atomic E-state index is 13.1. The van der Waals surface area contributed by atoms with Gasteiger partial charge in [0.2, 0.25) is 11.8 Å². The quantitative estimate of drug-likeness (QED) is 0.491. The molecule has 2 aromatic heterocycles. The molecule has 9 heteroatoms. The fourth-order valence-electron chi connectivity index (χ4n) is 4.54. The molecule has 1 atom stereocenters. The van der Waals surface area contributed by atoms with Crippen LogP contribution in [0.15, 0.2) is 60.9 Å². The van der Waals surface area contributed by atoms with E-state index in [9.17, 15) is 14.4 Å². The Kier molecular flexibility index (Phi) is 4.29. The zero-order valence-corrected chi connectivity index (χ0v) is 17.4. The number of pyridine rings is 1. The predicted octanol–water partition coefficient (Wildman–Crippen LogP) is 2.24. The molecular formula is C24H18N6O3. The highest BCUT2D eigenvalue weighted by molar-refractivity contribution is 6.06. The highest BCUT2D eigenvalue weighted by atomic mass is 16.2. The zero-order chi connectivity index (χ0) is 22.5. The number of carbonyl (C=O) groups excluding carboxylic acids is 3. The number of hydrogen-bond acceptors (Lipinski definition) is 6. The molecule has 33 heavy (non-hydrogen) atoms. The molecule has 2 aliphatic heterocycles. The maximum Gasteiger partial charge on any atom is 0.255 e. The van der Waals surface area contributed by atoms with Gasteiger partial charge in [0.15, 0.2) is 0 Å². The van der Waals surface area contributed by atoms with Crippen LogP contribution in [0.25, 0.3) is 27.8 Å². The van der Waals surface area contributed by atoms with Gasteiger partial charge in [0.25, 0.3) is 5.91 Å². The lowest BCUT2D eigenvalue weighted by atomic mass is 10.0. The summed E-state index contributed by atoms with van der Waals surface area (Å²) >= 11 is 0. The third-order valence-electron chi connectivity index (χ3n) is 6.20. The average Bonchev–Trinajstić information content (AvgIpc) is 3.44. The summed E-state index contributed by atoms with van der Waals surface area (Å²) in [4.78, 5) is 42.8. The standard InChI is InChI=1S/C24H18N6O3/c31-22-9-8-21(23(32)26-22)29-12-18-16(4-1-5-17(18)24(29)33)20-13-30(28-27-20)15-6-7-19-14(11-15)3-2-10-25-19/h1-7,10-11,13,21H,8-9,12H2,(H,26,31,32). The van der Waals surface area contributed by atoms with Crippen LogP contribution in [-0.2, 0) is 16.1 Å². The van der Waals surface area contributed by atoms with Gasteiger partial charge in [-0.3, -0.25) is 24.7 Å². The highest BCUT2D eigenvalue weighted by Gasteiger charge is 2.40. The van der Waals surface area contributed by atoms with Crippen molar-refractivity contribution in [1.82, 2.24) is 30.2 Å². The SMILES string of the molecule is O=C1CCC(N2Cc3c(cccc3-c3cn(-c4ccc5ncccc5c4)nn3)C2=O)C(=O)N1. The van der Waals surface area contributed by atoms with E-state index in [1.807, 2.05) is 42.6 Å². The number of aromatic nitrogens is 4. The van der Waals surface area contributed by atoms with Gasteiger partial charge in [-0.15, -0.1) is 5.10 Å². The summed E-state index contributed by atoms with van der Waals surface area (Å²) in [5.41, 5.74) is 4.53. The minimum absolute atomic E-state index is 0.212. The Balaban J connectivity index is 1.33. The Bertz CT molecular complexity index is 1460. The van der Waals surface area contributed by atoms with Crippen molar-refractivity contribution in [2.45, 2.75) is 25.4 Å². The van der Waals surface area contributed by atoms with Gasteiger partial charge >= 0.3 is 0 Å². The third kappa shape index (κ3) is 3.16. The van der Waals surface area contributed by atoms with Gasteiger partial charge in [0.05, 0.1) is 17.4 Å². The number of imide groups is 1. The molecule has 2 aliphatic rings. The van der Waals surface area contributed by atoms with Crippen molar-refractivity contribution in [2.24, 2.45) is 0 Å². The number of hydrogen-bond donors (Lipinski definition) is 1. The number of nitrogens with one attached hydrogen (secondary N) is 1. The molecule has 1 N–H and O–H groups in total. The molecule has 9 nitrogen and oxygen atoms in total. The molecule has 2 aromatic carbocycles. The van der Waals surface area contributed by atoms with Crippen LogP contribution in [0.2, 0.25) is 0 Å². The molecule has 0 aliphatic carbocycles. The molecule has 0 spiro atoms. The molecule has 4 aromatic rings. The molecule has 4 heterocycles. The van der Waals surface area contributed by atoms with E-state index >= 15 is 0 Å². The topological polar surface area (TPSA) is 110 Å². The van der Waals surface area contributed by atoms with Crippen molar-refractivity contribution in [3.63, 3.8) is 0 Å². The van der Waals surface area contributed by atoms with Gasteiger partial charge in [0, 0.05) is 35.7 Å². The maximum absolute atomic E-state index is 13.1. The molecule has 1 fully saturated rings. The molecule has 0 radical (unpaired) electrons. The van der Waals surface area contributed by atoms with Crippen molar-refractivity contribution in [3.05, 3.63) is 72.1 Å². The largest absolute Gasteiger partial charge is 0.322 e. The summed E-state index contributed by atoms with van der Waals surface area (Å²) in [6.07, 6.45) is 4.13. The summed E-state index contributed by atoms with van der Waals surface area (Å²) in [7, 11) is 0. The number of fused-ring (bicyclic) bond motifs is 2. The predicted molar refractivity (Wildman–Crippen MR) is 118 cm³/mol. The van der Waals surface area contributed by atoms with Crippen LogP contribution in [0.1, 0.15) is 28.8 Å². The first-order valence-electron chi connectivity index (χ1n) is 10.6. The van der Waals surface area contributed by atoms with Crippen LogP contribution in [0.3, 0.4) is 0 Å². The number of rotatable bonds is 3. The molecule has 0 bridgehead atoms. The molecular weight excluding hydrogens is 420 g/mol. The smallest absolute Gasteiger partial charge is 0.255 e. The van der Waals surface area contributed by atoms with E-state index in [2.05, 4.69) is 20.6 Å². The summed E-state index contributed by atoms with van der Waals surface area (Å²) in [5, 5.41) is 12.0. The Morgan fingerprint density at radius 3 is 2.76 bits per heavy atom. The van der Waals surface area contributed by atoms with Crippen LogP contribution in [0, 0.1) is 0 Å². The van der Waals surface area contributed by atoms with Gasteiger partial charge in [-0.25, -0.2) is 4.68 Å². The lowest BCUT2D eigenvalue weighted by molar-refractivity contribution is -0.136. The zero-order valence-electron chi connectivity index (χ0n) is 17.4. The van der Waals surface area contributed by atoms with E-state index in [0.29, 0.717) is 17.7 Å². The van der Waals surface area contributed by atoms with Crippen molar-refractivity contribution in [1.29, 1.82) is 0 Å². The number of nitrogens with zero attached hydrogens (tertiary/aromatic N) is 5. The third-order valence-corrected chi connectivity index (χ3v) is 6.20. The van der Waals surface area contributed by atoms with Crippen LogP contribution < -0.4 is 5.32 Å². The minimum Gasteiger partial charge on any atom is -0.322 e. The molecule has 3 amide bonds. The van der Waals surface area contributed by atoms with E-state index in [4.69, 9.17) is 0 Å². The molecule has 6 rings (SSSR count). The Morgan fingerprint density at radius 1 is 1.00 bits per heavy atom. The summed E-state index contributed by atoms with van der Waals surface area (Å²) in [6.45, 7) is 0.283. The molecule has 1 unspecified atom stereocenters. The van der Waals surface area contributed by atoms with E-state index in [1.54, 1.807) is 23.0 Å². The fraction of sp³-hybridized carbons (Fsp3) is 0.167. The summed E-state index contributed by atoms with van der Waals surface area (Å²) in [6, 6.07) is 14.5. The average molecular weight is 438 g/mol. The fourth-order valence-corrected chi connectivity index (χ4v) is 4.54. The second kappa shape index (κ2) is 7.33. The minimum atomic E-state index is -0.655. The Hall–Kier alpha value is -4.40. The highest BCUT2D eigenvalue weighted by Crippen LogP contribution is 2.34. The van der Waals surface area contributed by atoms with Gasteiger partial charge in [-0.05, 0) is 42.3 Å². The van der Waals surface area contributed by atoms with E-state index < -0.39 is 11.9 Å². The van der Waals surface area contributed by atoms with Crippen molar-refractivity contribution in [3.8, 4) is 16.9 Å². The lowest BCUT2D eigenvalue weighted by Crippen LogP contribution is -2.52. The number of amides is 3. The molecule has 0 saturated carbocycles. The normalized spacial score (nSPS) is 18.0. The van der Waals surface area contributed by atoms with Crippen LogP contribution in [0.5, 0.6) is 0 Å². The van der Waals surface area contributed by atoms with Crippen LogP contribution in [0.4, 0.5) is 0 Å². The number of piperidine rings is 1. The van der Waals surface area contributed by atoms with Crippen molar-refractivity contribution < 1.29 is 14.4 Å². The number of benzene rings is 2. The van der Waals surface area contributed by atoms with Gasteiger partial charge < -0.3 is 4.90 Å². The van der Waals surface area contributed by atoms with Crippen LogP contribution in [-0.4, -0.2) is 48.6 Å². The van der Waals surface area contributed by atoms with E-state index in [0.717, 1.165) is 27.7 Å². The van der Waals surface area contributed by atoms with E-state index in [1.165, 1.54) is 4.90 Å². The molecule has 162 valence electrons.